The van der Waals surface area contributed by atoms with Crippen molar-refractivity contribution in [2.45, 2.75) is 38.9 Å². The summed E-state index contributed by atoms with van der Waals surface area (Å²) in [6, 6.07) is 16.1. The first-order valence-electron chi connectivity index (χ1n) is 9.66. The molecule has 2 heterocycles. The zero-order chi connectivity index (χ0) is 18.6. The largest absolute Gasteiger partial charge is 0.354 e. The molecule has 1 aromatic heterocycles. The molecule has 4 nitrogen and oxygen atoms in total. The van der Waals surface area contributed by atoms with Crippen molar-refractivity contribution >= 4 is 16.7 Å². The first-order chi connectivity index (χ1) is 13.2. The lowest BCUT2D eigenvalue weighted by Crippen LogP contribution is -2.23. The Kier molecular flexibility index (Phi) is 5.37. The highest BCUT2D eigenvalue weighted by atomic mass is 16.7. The lowest BCUT2D eigenvalue weighted by molar-refractivity contribution is -0.161. The minimum atomic E-state index is -0.0674. The fourth-order valence-electron chi connectivity index (χ4n) is 3.71. The molecule has 0 aliphatic carbocycles. The standard InChI is InChI=1S/C23H25NO3/c1-16(25)17-9-11-18(12-10-17)23-20(19-6-2-3-7-21(19)24-23)13-15-27-22-8-4-5-14-26-22/h2-3,6-7,9-12,22,24H,4-5,8,13-15H2,1H3. The van der Waals surface area contributed by atoms with Crippen LogP contribution in [0.1, 0.15) is 42.1 Å². The number of benzene rings is 2. The predicted molar refractivity (Wildman–Crippen MR) is 107 cm³/mol. The summed E-state index contributed by atoms with van der Waals surface area (Å²) >= 11 is 0. The lowest BCUT2D eigenvalue weighted by Gasteiger charge is -2.22. The Bertz CT molecular complexity index is 920. The van der Waals surface area contributed by atoms with Gasteiger partial charge < -0.3 is 14.5 Å². The first kappa shape index (κ1) is 18.0. The molecule has 1 saturated heterocycles. The Hall–Kier alpha value is -2.43. The normalized spacial score (nSPS) is 17.3. The zero-order valence-corrected chi connectivity index (χ0v) is 15.7. The number of aromatic amines is 1. The molecule has 27 heavy (non-hydrogen) atoms. The number of hydrogen-bond acceptors (Lipinski definition) is 3. The van der Waals surface area contributed by atoms with Crippen LogP contribution in [0.5, 0.6) is 0 Å². The van der Waals surface area contributed by atoms with Crippen LogP contribution < -0.4 is 0 Å². The molecule has 3 aromatic rings. The predicted octanol–water partition coefficient (Wildman–Crippen LogP) is 5.12. The van der Waals surface area contributed by atoms with Gasteiger partial charge in [0.15, 0.2) is 12.1 Å². The van der Waals surface area contributed by atoms with E-state index >= 15 is 0 Å². The highest BCUT2D eigenvalue weighted by molar-refractivity contribution is 5.95. The average molecular weight is 363 g/mol. The Morgan fingerprint density at radius 3 is 2.70 bits per heavy atom. The van der Waals surface area contributed by atoms with Crippen molar-refractivity contribution in [2.24, 2.45) is 0 Å². The number of fused-ring (bicyclic) bond motifs is 1. The van der Waals surface area contributed by atoms with Gasteiger partial charge in [-0.25, -0.2) is 0 Å². The Labute approximate surface area is 159 Å². The van der Waals surface area contributed by atoms with Crippen LogP contribution in [0.15, 0.2) is 48.5 Å². The molecular formula is C23H25NO3. The van der Waals surface area contributed by atoms with E-state index in [0.717, 1.165) is 48.2 Å². The summed E-state index contributed by atoms with van der Waals surface area (Å²) in [5, 5.41) is 1.22. The minimum Gasteiger partial charge on any atom is -0.354 e. The molecule has 1 aliphatic heterocycles. The van der Waals surface area contributed by atoms with Crippen molar-refractivity contribution in [1.29, 1.82) is 0 Å². The van der Waals surface area contributed by atoms with Gasteiger partial charge in [-0.05, 0) is 49.8 Å². The summed E-state index contributed by atoms with van der Waals surface area (Å²) in [7, 11) is 0. The number of rotatable bonds is 6. The van der Waals surface area contributed by atoms with Gasteiger partial charge in [0, 0.05) is 28.8 Å². The number of ketones is 1. The summed E-state index contributed by atoms with van der Waals surface area (Å²) in [5.41, 5.74) is 5.28. The third-order valence-corrected chi connectivity index (χ3v) is 5.19. The van der Waals surface area contributed by atoms with Crippen LogP contribution in [-0.4, -0.2) is 30.3 Å². The van der Waals surface area contributed by atoms with E-state index in [4.69, 9.17) is 9.47 Å². The number of Topliss-reactive ketones (excluding diaryl/α,β-unsaturated/α-hetero) is 1. The zero-order valence-electron chi connectivity index (χ0n) is 15.7. The van der Waals surface area contributed by atoms with E-state index in [1.807, 2.05) is 30.3 Å². The van der Waals surface area contributed by atoms with Crippen LogP contribution in [0, 0.1) is 0 Å². The molecule has 1 fully saturated rings. The van der Waals surface area contributed by atoms with Crippen LogP contribution in [0.3, 0.4) is 0 Å². The van der Waals surface area contributed by atoms with Gasteiger partial charge >= 0.3 is 0 Å². The number of hydrogen-bond donors (Lipinski definition) is 1. The highest BCUT2D eigenvalue weighted by Gasteiger charge is 2.16. The number of ether oxygens (including phenoxy) is 2. The molecule has 0 radical (unpaired) electrons. The quantitative estimate of drug-likeness (QED) is 0.618. The van der Waals surface area contributed by atoms with Crippen molar-refractivity contribution in [2.75, 3.05) is 13.2 Å². The minimum absolute atomic E-state index is 0.0674. The van der Waals surface area contributed by atoms with Crippen molar-refractivity contribution < 1.29 is 14.3 Å². The first-order valence-corrected chi connectivity index (χ1v) is 9.66. The van der Waals surface area contributed by atoms with Gasteiger partial charge in [-0.1, -0.05) is 42.5 Å². The third-order valence-electron chi connectivity index (χ3n) is 5.19. The maximum Gasteiger partial charge on any atom is 0.159 e. The van der Waals surface area contributed by atoms with Crippen molar-refractivity contribution in [3.05, 3.63) is 59.7 Å². The van der Waals surface area contributed by atoms with Gasteiger partial charge in [0.25, 0.3) is 0 Å². The number of aromatic nitrogens is 1. The smallest absolute Gasteiger partial charge is 0.159 e. The molecule has 1 N–H and O–H groups in total. The lowest BCUT2D eigenvalue weighted by atomic mass is 10.0. The van der Waals surface area contributed by atoms with Crippen LogP contribution in [0.2, 0.25) is 0 Å². The van der Waals surface area contributed by atoms with E-state index in [0.29, 0.717) is 6.61 Å². The molecule has 0 saturated carbocycles. The van der Waals surface area contributed by atoms with Crippen LogP contribution in [-0.2, 0) is 15.9 Å². The number of para-hydroxylation sites is 1. The molecular weight excluding hydrogens is 338 g/mol. The topological polar surface area (TPSA) is 51.3 Å². The van der Waals surface area contributed by atoms with E-state index in [-0.39, 0.29) is 12.1 Å². The molecule has 2 aromatic carbocycles. The molecule has 1 aliphatic rings. The Morgan fingerprint density at radius 1 is 1.15 bits per heavy atom. The Morgan fingerprint density at radius 2 is 1.96 bits per heavy atom. The molecule has 4 rings (SSSR count). The summed E-state index contributed by atoms with van der Waals surface area (Å²) in [4.78, 5) is 15.1. The van der Waals surface area contributed by atoms with Crippen LogP contribution >= 0.6 is 0 Å². The van der Waals surface area contributed by atoms with E-state index in [2.05, 4.69) is 23.2 Å². The van der Waals surface area contributed by atoms with Gasteiger partial charge in [-0.2, -0.15) is 0 Å². The van der Waals surface area contributed by atoms with E-state index in [1.54, 1.807) is 6.92 Å². The fraction of sp³-hybridized carbons (Fsp3) is 0.348. The molecule has 140 valence electrons. The van der Waals surface area contributed by atoms with Crippen molar-refractivity contribution in [3.8, 4) is 11.3 Å². The van der Waals surface area contributed by atoms with Gasteiger partial charge in [-0.15, -0.1) is 0 Å². The number of carbonyl (C=O) groups is 1. The van der Waals surface area contributed by atoms with E-state index in [9.17, 15) is 4.79 Å². The second kappa shape index (κ2) is 8.07. The van der Waals surface area contributed by atoms with Gasteiger partial charge in [0.2, 0.25) is 0 Å². The van der Waals surface area contributed by atoms with Gasteiger partial charge in [-0.3, -0.25) is 4.79 Å². The number of carbonyl (C=O) groups excluding carboxylic acids is 1. The monoisotopic (exact) mass is 363 g/mol. The highest BCUT2D eigenvalue weighted by Crippen LogP contribution is 2.31. The third kappa shape index (κ3) is 3.97. The number of H-pyrrole nitrogens is 1. The number of nitrogens with one attached hydrogen (secondary N) is 1. The summed E-state index contributed by atoms with van der Waals surface area (Å²) < 4.78 is 11.6. The van der Waals surface area contributed by atoms with Crippen molar-refractivity contribution in [3.63, 3.8) is 0 Å². The van der Waals surface area contributed by atoms with Crippen molar-refractivity contribution in [1.82, 2.24) is 4.98 Å². The van der Waals surface area contributed by atoms with Crippen LogP contribution in [0.25, 0.3) is 22.2 Å². The SMILES string of the molecule is CC(=O)c1ccc(-c2[nH]c3ccccc3c2CCOC2CCCCO2)cc1. The summed E-state index contributed by atoms with van der Waals surface area (Å²) in [5.74, 6) is 0.0827. The molecule has 0 bridgehead atoms. The van der Waals surface area contributed by atoms with E-state index in [1.165, 1.54) is 17.4 Å². The fourth-order valence-corrected chi connectivity index (χ4v) is 3.71. The van der Waals surface area contributed by atoms with Crippen LogP contribution in [0.4, 0.5) is 0 Å². The molecule has 4 heteroatoms. The average Bonchev–Trinajstić information content (AvgIpc) is 3.08. The molecule has 1 atom stereocenters. The van der Waals surface area contributed by atoms with Gasteiger partial charge in [0.1, 0.15) is 0 Å². The molecule has 1 unspecified atom stereocenters. The van der Waals surface area contributed by atoms with Gasteiger partial charge in [0.05, 0.1) is 6.61 Å². The summed E-state index contributed by atoms with van der Waals surface area (Å²) in [6.45, 7) is 3.02. The Balaban J connectivity index is 1.59. The maximum atomic E-state index is 11.6. The molecule has 0 amide bonds. The summed E-state index contributed by atoms with van der Waals surface area (Å²) in [6.07, 6.45) is 4.03. The maximum absolute atomic E-state index is 11.6. The second-order valence-corrected chi connectivity index (χ2v) is 7.07. The van der Waals surface area contributed by atoms with E-state index < -0.39 is 0 Å². The molecule has 0 spiro atoms. The second-order valence-electron chi connectivity index (χ2n) is 7.07.